The molecule has 0 aromatic carbocycles. The Labute approximate surface area is 119 Å². The normalized spacial score (nSPS) is 22.2. The summed E-state index contributed by atoms with van der Waals surface area (Å²) in [7, 11) is 0. The minimum atomic E-state index is -0.762. The molecule has 1 saturated carbocycles. The Morgan fingerprint density at radius 3 is 2.84 bits per heavy atom. The van der Waals surface area contributed by atoms with E-state index in [1.54, 1.807) is 12.1 Å². The van der Waals surface area contributed by atoms with Crippen molar-refractivity contribution in [2.24, 2.45) is 11.8 Å². The molecule has 1 heterocycles. The number of hydrogen-bond donors (Lipinski definition) is 2. The van der Waals surface area contributed by atoms with Gasteiger partial charge in [-0.3, -0.25) is 9.59 Å². The van der Waals surface area contributed by atoms with E-state index in [9.17, 15) is 9.59 Å². The minimum absolute atomic E-state index is 0.0323. The largest absolute Gasteiger partial charge is 0.481 e. The van der Waals surface area contributed by atoms with Gasteiger partial charge in [-0.25, -0.2) is 4.98 Å². The molecular formula is C13H15BrN2O3. The van der Waals surface area contributed by atoms with E-state index in [1.807, 2.05) is 0 Å². The SMILES string of the molecule is O=C(NCC1CCCC1C(=O)O)c1ccc(Br)nc1. The van der Waals surface area contributed by atoms with Crippen LogP contribution in [-0.2, 0) is 4.79 Å². The van der Waals surface area contributed by atoms with Gasteiger partial charge in [0.25, 0.3) is 5.91 Å². The van der Waals surface area contributed by atoms with Gasteiger partial charge in [0.1, 0.15) is 4.60 Å². The Kier molecular flexibility index (Phi) is 4.52. The van der Waals surface area contributed by atoms with E-state index in [4.69, 9.17) is 5.11 Å². The number of nitrogens with one attached hydrogen (secondary N) is 1. The highest BCUT2D eigenvalue weighted by Crippen LogP contribution is 2.31. The van der Waals surface area contributed by atoms with Crippen LogP contribution in [0.25, 0.3) is 0 Å². The molecule has 1 aromatic heterocycles. The summed E-state index contributed by atoms with van der Waals surface area (Å²) in [5, 5.41) is 11.9. The second kappa shape index (κ2) is 6.14. The number of amides is 1. The molecule has 102 valence electrons. The summed E-state index contributed by atoms with van der Waals surface area (Å²) >= 11 is 3.20. The van der Waals surface area contributed by atoms with E-state index in [1.165, 1.54) is 6.20 Å². The quantitative estimate of drug-likeness (QED) is 0.830. The summed E-state index contributed by atoms with van der Waals surface area (Å²) < 4.78 is 0.672. The lowest BCUT2D eigenvalue weighted by Crippen LogP contribution is -2.33. The van der Waals surface area contributed by atoms with Crippen molar-refractivity contribution in [2.45, 2.75) is 19.3 Å². The van der Waals surface area contributed by atoms with Gasteiger partial charge in [-0.15, -0.1) is 0 Å². The number of pyridine rings is 1. The molecule has 19 heavy (non-hydrogen) atoms. The number of carbonyl (C=O) groups excluding carboxylic acids is 1. The van der Waals surface area contributed by atoms with Gasteiger partial charge >= 0.3 is 5.97 Å². The maximum Gasteiger partial charge on any atom is 0.306 e. The first kappa shape index (κ1) is 14.0. The second-order valence-electron chi connectivity index (χ2n) is 4.72. The maximum absolute atomic E-state index is 11.9. The zero-order valence-electron chi connectivity index (χ0n) is 10.3. The number of carbonyl (C=O) groups is 2. The van der Waals surface area contributed by atoms with Gasteiger partial charge in [-0.1, -0.05) is 6.42 Å². The smallest absolute Gasteiger partial charge is 0.306 e. The predicted molar refractivity (Wildman–Crippen MR) is 72.7 cm³/mol. The third-order valence-corrected chi connectivity index (χ3v) is 3.96. The van der Waals surface area contributed by atoms with Gasteiger partial charge < -0.3 is 10.4 Å². The van der Waals surface area contributed by atoms with Gasteiger partial charge in [0.05, 0.1) is 11.5 Å². The fourth-order valence-electron chi connectivity index (χ4n) is 2.44. The highest BCUT2D eigenvalue weighted by atomic mass is 79.9. The maximum atomic E-state index is 11.9. The zero-order valence-corrected chi connectivity index (χ0v) is 11.9. The number of halogens is 1. The Morgan fingerprint density at radius 2 is 2.21 bits per heavy atom. The van der Waals surface area contributed by atoms with E-state index >= 15 is 0 Å². The molecule has 0 spiro atoms. The molecule has 0 bridgehead atoms. The molecule has 1 aliphatic rings. The molecule has 2 atom stereocenters. The number of nitrogens with zero attached hydrogens (tertiary/aromatic N) is 1. The van der Waals surface area contributed by atoms with Gasteiger partial charge in [0.2, 0.25) is 0 Å². The third kappa shape index (κ3) is 3.53. The predicted octanol–water partition coefficient (Wildman–Crippen LogP) is 2.07. The Balaban J connectivity index is 1.90. The van der Waals surface area contributed by atoms with Crippen LogP contribution >= 0.6 is 15.9 Å². The van der Waals surface area contributed by atoms with Crippen molar-refractivity contribution < 1.29 is 14.7 Å². The van der Waals surface area contributed by atoms with Crippen LogP contribution in [0.1, 0.15) is 29.6 Å². The number of carboxylic acids is 1. The van der Waals surface area contributed by atoms with Crippen LogP contribution in [0.2, 0.25) is 0 Å². The average molecular weight is 327 g/mol. The monoisotopic (exact) mass is 326 g/mol. The van der Waals surface area contributed by atoms with Crippen molar-refractivity contribution in [3.63, 3.8) is 0 Å². The van der Waals surface area contributed by atoms with Crippen molar-refractivity contribution in [3.05, 3.63) is 28.5 Å². The van der Waals surface area contributed by atoms with Crippen LogP contribution in [0.4, 0.5) is 0 Å². The standard InChI is InChI=1S/C13H15BrN2O3/c14-11-5-4-9(7-15-11)12(17)16-6-8-2-1-3-10(8)13(18)19/h4-5,7-8,10H,1-3,6H2,(H,16,17)(H,18,19). The van der Waals surface area contributed by atoms with Crippen molar-refractivity contribution in [1.29, 1.82) is 0 Å². The molecular weight excluding hydrogens is 312 g/mol. The third-order valence-electron chi connectivity index (χ3n) is 3.49. The minimum Gasteiger partial charge on any atom is -0.481 e. The molecule has 1 aliphatic carbocycles. The molecule has 0 aliphatic heterocycles. The van der Waals surface area contributed by atoms with E-state index in [0.717, 1.165) is 12.8 Å². The lowest BCUT2D eigenvalue weighted by atomic mass is 9.96. The van der Waals surface area contributed by atoms with E-state index in [2.05, 4.69) is 26.2 Å². The molecule has 2 N–H and O–H groups in total. The molecule has 6 heteroatoms. The summed E-state index contributed by atoms with van der Waals surface area (Å²) in [5.74, 6) is -1.27. The number of aromatic nitrogens is 1. The fraction of sp³-hybridized carbons (Fsp3) is 0.462. The summed E-state index contributed by atoms with van der Waals surface area (Å²) in [6.45, 7) is 0.409. The first-order valence-corrected chi connectivity index (χ1v) is 7.00. The lowest BCUT2D eigenvalue weighted by molar-refractivity contribution is -0.142. The van der Waals surface area contributed by atoms with E-state index in [-0.39, 0.29) is 17.7 Å². The molecule has 1 fully saturated rings. The first-order valence-electron chi connectivity index (χ1n) is 6.20. The Morgan fingerprint density at radius 1 is 1.42 bits per heavy atom. The molecule has 0 radical (unpaired) electrons. The van der Waals surface area contributed by atoms with Crippen LogP contribution < -0.4 is 5.32 Å². The van der Waals surface area contributed by atoms with E-state index < -0.39 is 5.97 Å². The molecule has 1 aromatic rings. The topological polar surface area (TPSA) is 79.3 Å². The second-order valence-corrected chi connectivity index (χ2v) is 5.53. The van der Waals surface area contributed by atoms with Crippen LogP contribution in [0.5, 0.6) is 0 Å². The lowest BCUT2D eigenvalue weighted by Gasteiger charge is -2.16. The summed E-state index contributed by atoms with van der Waals surface area (Å²) in [6.07, 6.45) is 3.96. The molecule has 0 saturated heterocycles. The van der Waals surface area contributed by atoms with Gasteiger partial charge in [-0.05, 0) is 46.8 Å². The summed E-state index contributed by atoms with van der Waals surface area (Å²) in [5.41, 5.74) is 0.480. The Bertz CT molecular complexity index is 475. The van der Waals surface area contributed by atoms with Crippen LogP contribution in [0.15, 0.2) is 22.9 Å². The summed E-state index contributed by atoms with van der Waals surface area (Å²) in [6, 6.07) is 3.38. The van der Waals surface area contributed by atoms with Crippen LogP contribution in [0.3, 0.4) is 0 Å². The fourth-order valence-corrected chi connectivity index (χ4v) is 2.68. The van der Waals surface area contributed by atoms with E-state index in [0.29, 0.717) is 23.1 Å². The van der Waals surface area contributed by atoms with Crippen molar-refractivity contribution in [1.82, 2.24) is 10.3 Å². The molecule has 2 unspecified atom stereocenters. The highest BCUT2D eigenvalue weighted by Gasteiger charge is 2.32. The van der Waals surface area contributed by atoms with Gasteiger partial charge in [0, 0.05) is 12.7 Å². The summed E-state index contributed by atoms with van der Waals surface area (Å²) in [4.78, 5) is 26.9. The van der Waals surface area contributed by atoms with Crippen molar-refractivity contribution in [3.8, 4) is 0 Å². The number of rotatable bonds is 4. The van der Waals surface area contributed by atoms with Crippen LogP contribution in [-0.4, -0.2) is 28.5 Å². The van der Waals surface area contributed by atoms with Crippen LogP contribution in [0, 0.1) is 11.8 Å². The zero-order chi connectivity index (χ0) is 13.8. The van der Waals surface area contributed by atoms with Gasteiger partial charge in [-0.2, -0.15) is 0 Å². The molecule has 1 amide bonds. The van der Waals surface area contributed by atoms with Gasteiger partial charge in [0.15, 0.2) is 0 Å². The first-order chi connectivity index (χ1) is 9.08. The average Bonchev–Trinajstić information content (AvgIpc) is 2.85. The van der Waals surface area contributed by atoms with Crippen molar-refractivity contribution >= 4 is 27.8 Å². The number of carboxylic acid groups (broad SMARTS) is 1. The van der Waals surface area contributed by atoms with Crippen molar-refractivity contribution in [2.75, 3.05) is 6.54 Å². The number of aliphatic carboxylic acids is 1. The molecule has 2 rings (SSSR count). The molecule has 5 nitrogen and oxygen atoms in total. The highest BCUT2D eigenvalue weighted by molar-refractivity contribution is 9.10. The number of hydrogen-bond acceptors (Lipinski definition) is 3. The Hall–Kier alpha value is -1.43.